The van der Waals surface area contributed by atoms with Crippen LogP contribution in [0.5, 0.6) is 0 Å². The molecule has 2 N–H and O–H groups in total. The molecule has 0 bridgehead atoms. The minimum Gasteiger partial charge on any atom is -0.361 e. The number of aryl methyl sites for hydroxylation is 1. The minimum atomic E-state index is 0.0602. The summed E-state index contributed by atoms with van der Waals surface area (Å²) in [6, 6.07) is 0. The van der Waals surface area contributed by atoms with Gasteiger partial charge in [-0.3, -0.25) is 9.59 Å². The second-order valence-corrected chi connectivity index (χ2v) is 6.51. The van der Waals surface area contributed by atoms with Crippen molar-refractivity contribution in [3.8, 4) is 0 Å². The van der Waals surface area contributed by atoms with Crippen molar-refractivity contribution < 1.29 is 9.59 Å². The largest absolute Gasteiger partial charge is 0.361 e. The zero-order valence-electron chi connectivity index (χ0n) is 12.9. The number of rotatable bonds is 4. The molecule has 2 rings (SSSR count). The SMILES string of the molecule is CC(=O)c1c(I)[nH]c(Cc2[nH]c(C)c(C)c2C(C)=O)c1C. The van der Waals surface area contributed by atoms with E-state index in [1.807, 2.05) is 20.8 Å². The number of carbonyl (C=O) groups excluding carboxylic acids is 2. The summed E-state index contributed by atoms with van der Waals surface area (Å²) >= 11 is 2.15. The van der Waals surface area contributed by atoms with Crippen LogP contribution in [-0.4, -0.2) is 21.5 Å². The molecular formula is C16H19IN2O2. The summed E-state index contributed by atoms with van der Waals surface area (Å²) in [6.07, 6.45) is 0.596. The van der Waals surface area contributed by atoms with E-state index in [2.05, 4.69) is 32.6 Å². The van der Waals surface area contributed by atoms with Gasteiger partial charge in [0.2, 0.25) is 0 Å². The summed E-state index contributed by atoms with van der Waals surface area (Å²) in [5.41, 5.74) is 6.38. The van der Waals surface area contributed by atoms with E-state index >= 15 is 0 Å². The third-order valence-corrected chi connectivity index (χ3v) is 4.75. The van der Waals surface area contributed by atoms with Gasteiger partial charge in [0.15, 0.2) is 11.6 Å². The Labute approximate surface area is 137 Å². The van der Waals surface area contributed by atoms with Gasteiger partial charge in [-0.1, -0.05) is 0 Å². The first kappa shape index (κ1) is 16.0. The van der Waals surface area contributed by atoms with Gasteiger partial charge >= 0.3 is 0 Å². The molecule has 2 heterocycles. The maximum atomic E-state index is 11.9. The first-order valence-corrected chi connectivity index (χ1v) is 7.88. The fraction of sp³-hybridized carbons (Fsp3) is 0.375. The number of hydrogen-bond acceptors (Lipinski definition) is 2. The fourth-order valence-corrected chi connectivity index (χ4v) is 3.89. The molecule has 0 aliphatic heterocycles. The van der Waals surface area contributed by atoms with Gasteiger partial charge in [-0.2, -0.15) is 0 Å². The monoisotopic (exact) mass is 398 g/mol. The summed E-state index contributed by atoms with van der Waals surface area (Å²) in [4.78, 5) is 30.1. The van der Waals surface area contributed by atoms with E-state index in [0.717, 1.165) is 43.0 Å². The van der Waals surface area contributed by atoms with Gasteiger partial charge in [0, 0.05) is 29.1 Å². The quantitative estimate of drug-likeness (QED) is 0.607. The Hall–Kier alpha value is -1.37. The lowest BCUT2D eigenvalue weighted by Crippen LogP contribution is -2.01. The molecular weight excluding hydrogens is 379 g/mol. The van der Waals surface area contributed by atoms with Crippen molar-refractivity contribution in [2.45, 2.75) is 41.0 Å². The lowest BCUT2D eigenvalue weighted by atomic mass is 10.0. The topological polar surface area (TPSA) is 65.7 Å². The van der Waals surface area contributed by atoms with Crippen molar-refractivity contribution in [1.82, 2.24) is 9.97 Å². The smallest absolute Gasteiger partial charge is 0.162 e. The Balaban J connectivity index is 2.49. The number of hydrogen-bond donors (Lipinski definition) is 2. The van der Waals surface area contributed by atoms with Crippen molar-refractivity contribution >= 4 is 34.2 Å². The van der Waals surface area contributed by atoms with Crippen LogP contribution < -0.4 is 0 Å². The molecule has 2 aromatic heterocycles. The highest BCUT2D eigenvalue weighted by Gasteiger charge is 2.20. The average Bonchev–Trinajstić information content (AvgIpc) is 2.78. The molecule has 0 fully saturated rings. The molecule has 0 radical (unpaired) electrons. The molecule has 0 saturated heterocycles. The van der Waals surface area contributed by atoms with Gasteiger partial charge in [0.1, 0.15) is 0 Å². The maximum absolute atomic E-state index is 11.9. The summed E-state index contributed by atoms with van der Waals surface area (Å²) < 4.78 is 0.858. The van der Waals surface area contributed by atoms with Crippen molar-refractivity contribution in [3.63, 3.8) is 0 Å². The van der Waals surface area contributed by atoms with Crippen LogP contribution in [0.4, 0.5) is 0 Å². The summed E-state index contributed by atoms with van der Waals surface area (Å²) in [7, 11) is 0. The van der Waals surface area contributed by atoms with Crippen LogP contribution in [-0.2, 0) is 6.42 Å². The average molecular weight is 398 g/mol. The van der Waals surface area contributed by atoms with Crippen molar-refractivity contribution in [2.24, 2.45) is 0 Å². The van der Waals surface area contributed by atoms with E-state index in [-0.39, 0.29) is 11.6 Å². The van der Waals surface area contributed by atoms with Crippen LogP contribution in [0.3, 0.4) is 0 Å². The normalized spacial score (nSPS) is 11.0. The predicted molar refractivity (Wildman–Crippen MR) is 91.3 cm³/mol. The highest BCUT2D eigenvalue weighted by atomic mass is 127. The number of aromatic nitrogens is 2. The second kappa shape index (κ2) is 5.79. The van der Waals surface area contributed by atoms with Gasteiger partial charge in [0.05, 0.1) is 9.26 Å². The molecule has 0 atom stereocenters. The lowest BCUT2D eigenvalue weighted by molar-refractivity contribution is 0.100. The first-order valence-electron chi connectivity index (χ1n) is 6.80. The number of Topliss-reactive ketones (excluding diaryl/α,β-unsaturated/α-hetero) is 2. The minimum absolute atomic E-state index is 0.0602. The maximum Gasteiger partial charge on any atom is 0.162 e. The molecule has 0 aliphatic carbocycles. The van der Waals surface area contributed by atoms with Gasteiger partial charge < -0.3 is 9.97 Å². The second-order valence-electron chi connectivity index (χ2n) is 5.44. The molecule has 0 unspecified atom stereocenters. The van der Waals surface area contributed by atoms with Crippen molar-refractivity contribution in [3.05, 3.63) is 43.0 Å². The first-order chi connectivity index (χ1) is 9.73. The van der Waals surface area contributed by atoms with Crippen LogP contribution in [0.1, 0.15) is 62.8 Å². The van der Waals surface area contributed by atoms with Gasteiger partial charge in [0.25, 0.3) is 0 Å². The molecule has 0 amide bonds. The van der Waals surface area contributed by atoms with Gasteiger partial charge in [-0.15, -0.1) is 0 Å². The van der Waals surface area contributed by atoms with Crippen molar-refractivity contribution in [1.29, 1.82) is 0 Å². The Morgan fingerprint density at radius 3 is 1.95 bits per heavy atom. The zero-order valence-corrected chi connectivity index (χ0v) is 15.1. The number of aromatic amines is 2. The third-order valence-electron chi connectivity index (χ3n) is 3.94. The van der Waals surface area contributed by atoms with Crippen LogP contribution in [0, 0.1) is 24.5 Å². The number of halogens is 1. The lowest BCUT2D eigenvalue weighted by Gasteiger charge is -2.03. The van der Waals surface area contributed by atoms with E-state index in [0.29, 0.717) is 6.42 Å². The number of carbonyl (C=O) groups is 2. The number of nitrogens with one attached hydrogen (secondary N) is 2. The summed E-state index contributed by atoms with van der Waals surface area (Å²) in [5.74, 6) is 0.127. The van der Waals surface area contributed by atoms with E-state index < -0.39 is 0 Å². The van der Waals surface area contributed by atoms with Crippen LogP contribution in [0.25, 0.3) is 0 Å². The number of ketones is 2. The predicted octanol–water partition coefficient (Wildman–Crippen LogP) is 3.87. The Morgan fingerprint density at radius 1 is 0.905 bits per heavy atom. The molecule has 0 spiro atoms. The van der Waals surface area contributed by atoms with E-state index in [1.165, 1.54) is 0 Å². The standard InChI is InChI=1S/C16H19IN2O2/c1-7-9(3)18-13(14(7)10(4)20)6-12-8(2)15(11(5)21)16(17)19-12/h18-19H,6H2,1-5H3. The van der Waals surface area contributed by atoms with E-state index in [4.69, 9.17) is 0 Å². The van der Waals surface area contributed by atoms with Crippen molar-refractivity contribution in [2.75, 3.05) is 0 Å². The molecule has 0 saturated carbocycles. The molecule has 21 heavy (non-hydrogen) atoms. The summed E-state index contributed by atoms with van der Waals surface area (Å²) in [6.45, 7) is 9.04. The Morgan fingerprint density at radius 2 is 1.48 bits per heavy atom. The third kappa shape index (κ3) is 2.84. The van der Waals surface area contributed by atoms with E-state index in [1.54, 1.807) is 13.8 Å². The van der Waals surface area contributed by atoms with E-state index in [9.17, 15) is 9.59 Å². The fourth-order valence-electron chi connectivity index (χ4n) is 2.78. The van der Waals surface area contributed by atoms with Gasteiger partial charge in [-0.25, -0.2) is 0 Å². The molecule has 0 aliphatic rings. The Kier molecular flexibility index (Phi) is 4.41. The van der Waals surface area contributed by atoms with Gasteiger partial charge in [-0.05, 0) is 68.3 Å². The van der Waals surface area contributed by atoms with Crippen LogP contribution in [0.2, 0.25) is 0 Å². The summed E-state index contributed by atoms with van der Waals surface area (Å²) in [5, 5.41) is 0. The molecule has 2 aromatic rings. The zero-order chi connectivity index (χ0) is 15.9. The highest BCUT2D eigenvalue weighted by Crippen LogP contribution is 2.26. The molecule has 0 aromatic carbocycles. The Bertz CT molecular complexity index is 738. The van der Waals surface area contributed by atoms with Crippen LogP contribution in [0.15, 0.2) is 0 Å². The molecule has 5 heteroatoms. The highest BCUT2D eigenvalue weighted by molar-refractivity contribution is 14.1. The number of H-pyrrole nitrogens is 2. The molecule has 4 nitrogen and oxygen atoms in total. The van der Waals surface area contributed by atoms with Crippen LogP contribution >= 0.6 is 22.6 Å². The molecule has 112 valence electrons.